The Bertz CT molecular complexity index is 605. The first-order valence-electron chi connectivity index (χ1n) is 7.24. The van der Waals surface area contributed by atoms with E-state index in [1.165, 1.54) is 32.1 Å². The molecule has 5 nitrogen and oxygen atoms in total. The average Bonchev–Trinajstić information content (AvgIpc) is 3.03. The minimum Gasteiger partial charge on any atom is -0.353 e. The summed E-state index contributed by atoms with van der Waals surface area (Å²) >= 11 is 0. The lowest BCUT2D eigenvalue weighted by atomic mass is 9.85. The number of anilines is 1. The molecule has 1 saturated carbocycles. The van der Waals surface area contributed by atoms with Crippen LogP contribution in [-0.2, 0) is 7.05 Å². The second kappa shape index (κ2) is 4.18. The molecule has 2 aromatic rings. The minimum atomic E-state index is 0.687. The summed E-state index contributed by atoms with van der Waals surface area (Å²) in [6.45, 7) is 1.14. The van der Waals surface area contributed by atoms with Crippen molar-refractivity contribution in [2.75, 3.05) is 11.4 Å². The van der Waals surface area contributed by atoms with Crippen molar-refractivity contribution in [3.05, 3.63) is 12.5 Å². The molecule has 2 aliphatic rings. The van der Waals surface area contributed by atoms with Crippen LogP contribution >= 0.6 is 0 Å². The minimum absolute atomic E-state index is 0.687. The van der Waals surface area contributed by atoms with Gasteiger partial charge < -0.3 is 4.90 Å². The summed E-state index contributed by atoms with van der Waals surface area (Å²) in [4.78, 5) is 11.4. The standard InChI is InChI=1S/C14H19N5/c1-18-13-11(8-17-18)14(16-9-15-13)19-7-6-10-4-2-3-5-12(10)19/h8-10,12H,2-7H2,1H3/t10-,12-/m0/s1. The highest BCUT2D eigenvalue weighted by atomic mass is 15.3. The third-order valence-corrected chi connectivity index (χ3v) is 4.79. The fourth-order valence-corrected chi connectivity index (χ4v) is 3.85. The Kier molecular flexibility index (Phi) is 2.47. The van der Waals surface area contributed by atoms with E-state index in [0.717, 1.165) is 29.3 Å². The molecular weight excluding hydrogens is 238 g/mol. The van der Waals surface area contributed by atoms with Gasteiger partial charge in [-0.3, -0.25) is 4.68 Å². The van der Waals surface area contributed by atoms with Gasteiger partial charge in [0, 0.05) is 19.6 Å². The molecule has 1 saturated heterocycles. The zero-order chi connectivity index (χ0) is 12.8. The number of fused-ring (bicyclic) bond motifs is 2. The van der Waals surface area contributed by atoms with E-state index in [9.17, 15) is 0 Å². The molecule has 19 heavy (non-hydrogen) atoms. The zero-order valence-corrected chi connectivity index (χ0v) is 11.3. The van der Waals surface area contributed by atoms with Crippen LogP contribution < -0.4 is 4.90 Å². The maximum atomic E-state index is 4.55. The Morgan fingerprint density at radius 3 is 3.00 bits per heavy atom. The highest BCUT2D eigenvalue weighted by Crippen LogP contribution is 2.39. The van der Waals surface area contributed by atoms with E-state index in [-0.39, 0.29) is 0 Å². The second-order valence-electron chi connectivity index (χ2n) is 5.80. The number of rotatable bonds is 1. The topological polar surface area (TPSA) is 46.8 Å². The molecule has 0 bridgehead atoms. The monoisotopic (exact) mass is 257 g/mol. The van der Waals surface area contributed by atoms with Crippen LogP contribution in [0.2, 0.25) is 0 Å². The first kappa shape index (κ1) is 11.2. The van der Waals surface area contributed by atoms with Crippen molar-refractivity contribution in [1.29, 1.82) is 0 Å². The van der Waals surface area contributed by atoms with Crippen molar-refractivity contribution in [2.45, 2.75) is 38.1 Å². The van der Waals surface area contributed by atoms with Crippen LogP contribution in [0.25, 0.3) is 11.0 Å². The van der Waals surface area contributed by atoms with E-state index >= 15 is 0 Å². The first-order valence-corrected chi connectivity index (χ1v) is 7.24. The lowest BCUT2D eigenvalue weighted by molar-refractivity contribution is 0.341. The molecule has 0 amide bonds. The third-order valence-electron chi connectivity index (χ3n) is 4.79. The Morgan fingerprint density at radius 2 is 2.05 bits per heavy atom. The van der Waals surface area contributed by atoms with Gasteiger partial charge in [-0.05, 0) is 25.2 Å². The van der Waals surface area contributed by atoms with Gasteiger partial charge in [0.25, 0.3) is 0 Å². The van der Waals surface area contributed by atoms with Gasteiger partial charge >= 0.3 is 0 Å². The largest absolute Gasteiger partial charge is 0.353 e. The number of nitrogens with zero attached hydrogens (tertiary/aromatic N) is 5. The van der Waals surface area contributed by atoms with Crippen LogP contribution in [-0.4, -0.2) is 32.3 Å². The smallest absolute Gasteiger partial charge is 0.163 e. The molecule has 100 valence electrons. The lowest BCUT2D eigenvalue weighted by Gasteiger charge is -2.32. The molecule has 0 radical (unpaired) electrons. The van der Waals surface area contributed by atoms with E-state index in [1.54, 1.807) is 6.33 Å². The Morgan fingerprint density at radius 1 is 1.16 bits per heavy atom. The van der Waals surface area contributed by atoms with Crippen molar-refractivity contribution in [2.24, 2.45) is 13.0 Å². The molecule has 0 aromatic carbocycles. The summed E-state index contributed by atoms with van der Waals surface area (Å²) in [5.74, 6) is 1.96. The molecule has 3 heterocycles. The van der Waals surface area contributed by atoms with Crippen molar-refractivity contribution in [1.82, 2.24) is 19.7 Å². The summed E-state index contributed by atoms with van der Waals surface area (Å²) in [7, 11) is 1.94. The van der Waals surface area contributed by atoms with E-state index < -0.39 is 0 Å². The molecular formula is C14H19N5. The van der Waals surface area contributed by atoms with Crippen LogP contribution in [0.15, 0.2) is 12.5 Å². The van der Waals surface area contributed by atoms with Gasteiger partial charge in [-0.15, -0.1) is 0 Å². The highest BCUT2D eigenvalue weighted by molar-refractivity contribution is 5.86. The fourth-order valence-electron chi connectivity index (χ4n) is 3.85. The summed E-state index contributed by atoms with van der Waals surface area (Å²) in [5, 5.41) is 5.41. The normalized spacial score (nSPS) is 26.9. The lowest BCUT2D eigenvalue weighted by Crippen LogP contribution is -2.35. The predicted octanol–water partition coefficient (Wildman–Crippen LogP) is 2.13. The summed E-state index contributed by atoms with van der Waals surface area (Å²) in [5.41, 5.74) is 0.934. The molecule has 2 fully saturated rings. The van der Waals surface area contributed by atoms with Gasteiger partial charge in [0.15, 0.2) is 5.65 Å². The van der Waals surface area contributed by atoms with Crippen LogP contribution in [0.4, 0.5) is 5.82 Å². The van der Waals surface area contributed by atoms with Gasteiger partial charge in [0.2, 0.25) is 0 Å². The molecule has 2 atom stereocenters. The fraction of sp³-hybridized carbons (Fsp3) is 0.643. The zero-order valence-electron chi connectivity index (χ0n) is 11.3. The first-order chi connectivity index (χ1) is 9.34. The molecule has 0 spiro atoms. The predicted molar refractivity (Wildman–Crippen MR) is 74.0 cm³/mol. The van der Waals surface area contributed by atoms with Crippen LogP contribution in [0, 0.1) is 5.92 Å². The average molecular weight is 257 g/mol. The van der Waals surface area contributed by atoms with Gasteiger partial charge in [-0.1, -0.05) is 12.8 Å². The van der Waals surface area contributed by atoms with Gasteiger partial charge in [0.1, 0.15) is 12.1 Å². The van der Waals surface area contributed by atoms with E-state index in [4.69, 9.17) is 0 Å². The molecule has 1 aliphatic heterocycles. The van der Waals surface area contributed by atoms with Gasteiger partial charge in [-0.2, -0.15) is 5.10 Å². The SMILES string of the molecule is Cn1ncc2c(N3CC[C@@H]4CCCC[C@@H]43)ncnc21. The second-order valence-corrected chi connectivity index (χ2v) is 5.80. The van der Waals surface area contributed by atoms with Crippen LogP contribution in [0.5, 0.6) is 0 Å². The molecule has 0 N–H and O–H groups in total. The third kappa shape index (κ3) is 1.64. The summed E-state index contributed by atoms with van der Waals surface area (Å²) in [6, 6.07) is 0.687. The quantitative estimate of drug-likeness (QED) is 0.785. The van der Waals surface area contributed by atoms with Crippen molar-refractivity contribution in [3.63, 3.8) is 0 Å². The van der Waals surface area contributed by atoms with E-state index in [0.29, 0.717) is 6.04 Å². The maximum Gasteiger partial charge on any atom is 0.163 e. The molecule has 1 aliphatic carbocycles. The maximum absolute atomic E-state index is 4.55. The van der Waals surface area contributed by atoms with Gasteiger partial charge in [0.05, 0.1) is 11.6 Å². The Hall–Kier alpha value is -1.65. The summed E-state index contributed by atoms with van der Waals surface area (Å²) < 4.78 is 1.83. The van der Waals surface area contributed by atoms with Gasteiger partial charge in [-0.25, -0.2) is 9.97 Å². The Balaban J connectivity index is 1.78. The summed E-state index contributed by atoms with van der Waals surface area (Å²) in [6.07, 6.45) is 10.4. The van der Waals surface area contributed by atoms with Crippen molar-refractivity contribution in [3.8, 4) is 0 Å². The Labute approximate surface area is 112 Å². The van der Waals surface area contributed by atoms with Crippen molar-refractivity contribution < 1.29 is 0 Å². The van der Waals surface area contributed by atoms with Crippen LogP contribution in [0.3, 0.4) is 0 Å². The molecule has 5 heteroatoms. The highest BCUT2D eigenvalue weighted by Gasteiger charge is 2.37. The molecule has 4 rings (SSSR count). The van der Waals surface area contributed by atoms with E-state index in [2.05, 4.69) is 20.0 Å². The number of hydrogen-bond acceptors (Lipinski definition) is 4. The molecule has 2 aromatic heterocycles. The van der Waals surface area contributed by atoms with E-state index in [1.807, 2.05) is 17.9 Å². The number of hydrogen-bond donors (Lipinski definition) is 0. The molecule has 0 unspecified atom stereocenters. The van der Waals surface area contributed by atoms with Crippen molar-refractivity contribution >= 4 is 16.9 Å². The van der Waals surface area contributed by atoms with Crippen LogP contribution in [0.1, 0.15) is 32.1 Å². The number of aromatic nitrogens is 4. The number of aryl methyl sites for hydroxylation is 1.